The van der Waals surface area contributed by atoms with Crippen molar-refractivity contribution in [2.45, 2.75) is 50.8 Å². The number of ether oxygens (including phenoxy) is 1. The Morgan fingerprint density at radius 1 is 0.938 bits per heavy atom. The fourth-order valence-electron chi connectivity index (χ4n) is 2.78. The number of amides is 3. The molecule has 0 bridgehead atoms. The molecule has 8 nitrogen and oxygen atoms in total. The Kier molecular flexibility index (Phi) is 10.0. The van der Waals surface area contributed by atoms with Crippen molar-refractivity contribution in [3.05, 3.63) is 54.1 Å². The van der Waals surface area contributed by atoms with E-state index in [-0.39, 0.29) is 17.2 Å². The molecule has 3 N–H and O–H groups in total. The highest BCUT2D eigenvalue weighted by atomic mass is 32.2. The van der Waals surface area contributed by atoms with Gasteiger partial charge >= 0.3 is 6.03 Å². The Morgan fingerprint density at radius 2 is 1.62 bits per heavy atom. The summed E-state index contributed by atoms with van der Waals surface area (Å²) in [6.45, 7) is 4.88. The molecule has 0 radical (unpaired) electrons. The third-order valence-corrected chi connectivity index (χ3v) is 5.99. The van der Waals surface area contributed by atoms with Crippen molar-refractivity contribution in [1.29, 1.82) is 0 Å². The van der Waals surface area contributed by atoms with Crippen LogP contribution < -0.4 is 20.1 Å². The average molecular weight is 462 g/mol. The van der Waals surface area contributed by atoms with Gasteiger partial charge in [-0.2, -0.15) is 0 Å². The molecule has 2 aromatic carbocycles. The number of urea groups is 1. The Labute approximate surface area is 189 Å². The quantitative estimate of drug-likeness (QED) is 0.416. The van der Waals surface area contributed by atoms with E-state index in [1.54, 1.807) is 0 Å². The lowest BCUT2D eigenvalue weighted by Gasteiger charge is -2.10. The summed E-state index contributed by atoms with van der Waals surface area (Å²) in [6.07, 6.45) is 3.44. The van der Waals surface area contributed by atoms with Crippen LogP contribution in [0.25, 0.3) is 0 Å². The van der Waals surface area contributed by atoms with Crippen LogP contribution in [-0.4, -0.2) is 33.5 Å². The van der Waals surface area contributed by atoms with Crippen LogP contribution in [0.5, 0.6) is 5.75 Å². The lowest BCUT2D eigenvalue weighted by Crippen LogP contribution is -2.39. The minimum atomic E-state index is -3.98. The third kappa shape index (κ3) is 8.58. The summed E-state index contributed by atoms with van der Waals surface area (Å²) < 4.78 is 32.1. The Hall–Kier alpha value is -3.07. The molecule has 3 amide bonds. The molecule has 0 saturated carbocycles. The predicted octanol–water partition coefficient (Wildman–Crippen LogP) is 3.83. The van der Waals surface area contributed by atoms with E-state index in [1.165, 1.54) is 29.8 Å². The van der Waals surface area contributed by atoms with Gasteiger partial charge in [-0.3, -0.25) is 4.79 Å². The standard InChI is InChI=1S/C23H31N3O5S/c1-3-5-16-24-23(28)26-32(29,30)21-14-10-19(11-15-21)25-22(27)7-6-17-31-20-12-8-18(4-2)9-13-20/h8-15H,3-7,16-17H2,1-2H3,(H,25,27)(H2,24,26,28). The lowest BCUT2D eigenvalue weighted by atomic mass is 10.2. The number of carbonyl (C=O) groups is 2. The highest BCUT2D eigenvalue weighted by molar-refractivity contribution is 7.90. The largest absolute Gasteiger partial charge is 0.494 e. The molecular formula is C23H31N3O5S. The normalized spacial score (nSPS) is 10.9. The fraction of sp³-hybridized carbons (Fsp3) is 0.391. The van der Waals surface area contributed by atoms with Crippen LogP contribution in [-0.2, 0) is 21.2 Å². The van der Waals surface area contributed by atoms with Crippen LogP contribution in [0.2, 0.25) is 0 Å². The lowest BCUT2D eigenvalue weighted by molar-refractivity contribution is -0.116. The molecule has 0 atom stereocenters. The first-order valence-electron chi connectivity index (χ1n) is 10.8. The van der Waals surface area contributed by atoms with Crippen LogP contribution in [0.1, 0.15) is 45.1 Å². The van der Waals surface area contributed by atoms with Crippen molar-refractivity contribution >= 4 is 27.6 Å². The molecule has 0 unspecified atom stereocenters. The van der Waals surface area contributed by atoms with E-state index in [0.717, 1.165) is 25.0 Å². The summed E-state index contributed by atoms with van der Waals surface area (Å²) in [4.78, 5) is 23.7. The molecule has 32 heavy (non-hydrogen) atoms. The highest BCUT2D eigenvalue weighted by Gasteiger charge is 2.17. The maximum atomic E-state index is 12.3. The molecule has 2 aromatic rings. The van der Waals surface area contributed by atoms with Crippen molar-refractivity contribution in [2.24, 2.45) is 0 Å². The third-order valence-electron chi connectivity index (χ3n) is 4.64. The molecule has 2 rings (SSSR count). The van der Waals surface area contributed by atoms with Crippen molar-refractivity contribution < 1.29 is 22.7 Å². The zero-order valence-electron chi connectivity index (χ0n) is 18.5. The van der Waals surface area contributed by atoms with Gasteiger partial charge in [0.1, 0.15) is 5.75 Å². The van der Waals surface area contributed by atoms with Gasteiger partial charge in [-0.1, -0.05) is 32.4 Å². The van der Waals surface area contributed by atoms with E-state index >= 15 is 0 Å². The molecule has 0 aliphatic heterocycles. The zero-order chi connectivity index (χ0) is 23.4. The van der Waals surface area contributed by atoms with Crippen molar-refractivity contribution in [3.8, 4) is 5.75 Å². The second-order valence-electron chi connectivity index (χ2n) is 7.24. The van der Waals surface area contributed by atoms with Crippen LogP contribution >= 0.6 is 0 Å². The summed E-state index contributed by atoms with van der Waals surface area (Å²) in [7, 11) is -3.98. The van der Waals surface area contributed by atoms with Gasteiger partial charge in [-0.05, 0) is 61.2 Å². The fourth-order valence-corrected chi connectivity index (χ4v) is 3.71. The summed E-state index contributed by atoms with van der Waals surface area (Å²) in [6, 6.07) is 12.7. The smallest absolute Gasteiger partial charge is 0.328 e. The number of carbonyl (C=O) groups excluding carboxylic acids is 2. The molecule has 0 aromatic heterocycles. The number of rotatable bonds is 12. The summed E-state index contributed by atoms with van der Waals surface area (Å²) >= 11 is 0. The Bertz CT molecular complexity index is 974. The number of unbranched alkanes of at least 4 members (excludes halogenated alkanes) is 1. The van der Waals surface area contributed by atoms with E-state index in [2.05, 4.69) is 17.6 Å². The Balaban J connectivity index is 1.76. The maximum Gasteiger partial charge on any atom is 0.328 e. The number of aryl methyl sites for hydroxylation is 1. The summed E-state index contributed by atoms with van der Waals surface area (Å²) in [5.41, 5.74) is 1.71. The highest BCUT2D eigenvalue weighted by Crippen LogP contribution is 2.15. The minimum Gasteiger partial charge on any atom is -0.494 e. The van der Waals surface area contributed by atoms with E-state index < -0.39 is 16.1 Å². The molecule has 0 saturated heterocycles. The molecule has 9 heteroatoms. The maximum absolute atomic E-state index is 12.3. The van der Waals surface area contributed by atoms with Gasteiger partial charge in [0.15, 0.2) is 0 Å². The van der Waals surface area contributed by atoms with E-state index in [1.807, 2.05) is 35.9 Å². The van der Waals surface area contributed by atoms with E-state index in [0.29, 0.717) is 25.3 Å². The van der Waals surface area contributed by atoms with Gasteiger partial charge in [0, 0.05) is 18.7 Å². The number of anilines is 1. The van der Waals surface area contributed by atoms with Crippen molar-refractivity contribution in [1.82, 2.24) is 10.0 Å². The second-order valence-corrected chi connectivity index (χ2v) is 8.92. The first-order chi connectivity index (χ1) is 15.3. The topological polar surface area (TPSA) is 114 Å². The van der Waals surface area contributed by atoms with Gasteiger partial charge in [0.05, 0.1) is 11.5 Å². The summed E-state index contributed by atoms with van der Waals surface area (Å²) in [5.74, 6) is 0.575. The Morgan fingerprint density at radius 3 is 2.25 bits per heavy atom. The number of hydrogen-bond acceptors (Lipinski definition) is 5. The number of sulfonamides is 1. The van der Waals surface area contributed by atoms with Crippen molar-refractivity contribution in [2.75, 3.05) is 18.5 Å². The number of hydrogen-bond donors (Lipinski definition) is 3. The molecular weight excluding hydrogens is 430 g/mol. The van der Waals surface area contributed by atoms with Crippen LogP contribution in [0.15, 0.2) is 53.4 Å². The number of nitrogens with one attached hydrogen (secondary N) is 3. The SMILES string of the molecule is CCCCNC(=O)NS(=O)(=O)c1ccc(NC(=O)CCCOc2ccc(CC)cc2)cc1. The van der Waals surface area contributed by atoms with Gasteiger partial charge in [0.25, 0.3) is 10.0 Å². The summed E-state index contributed by atoms with van der Waals surface area (Å²) in [5, 5.41) is 5.21. The molecule has 0 spiro atoms. The molecule has 0 heterocycles. The van der Waals surface area contributed by atoms with Gasteiger partial charge in [-0.15, -0.1) is 0 Å². The average Bonchev–Trinajstić information content (AvgIpc) is 2.77. The van der Waals surface area contributed by atoms with Crippen LogP contribution in [0.4, 0.5) is 10.5 Å². The molecule has 0 fully saturated rings. The number of benzene rings is 2. The monoisotopic (exact) mass is 461 g/mol. The first-order valence-corrected chi connectivity index (χ1v) is 12.2. The molecule has 0 aliphatic carbocycles. The molecule has 0 aliphatic rings. The van der Waals surface area contributed by atoms with Gasteiger partial charge < -0.3 is 15.4 Å². The van der Waals surface area contributed by atoms with Crippen LogP contribution in [0.3, 0.4) is 0 Å². The molecule has 174 valence electrons. The zero-order valence-corrected chi connectivity index (χ0v) is 19.3. The second kappa shape index (κ2) is 12.7. The van der Waals surface area contributed by atoms with Crippen molar-refractivity contribution in [3.63, 3.8) is 0 Å². The van der Waals surface area contributed by atoms with E-state index in [9.17, 15) is 18.0 Å². The van der Waals surface area contributed by atoms with Gasteiger partial charge in [0.2, 0.25) is 5.91 Å². The minimum absolute atomic E-state index is 0.0661. The first kappa shape index (κ1) is 25.2. The van der Waals surface area contributed by atoms with E-state index in [4.69, 9.17) is 4.74 Å². The predicted molar refractivity (Wildman–Crippen MR) is 124 cm³/mol. The van der Waals surface area contributed by atoms with Crippen LogP contribution in [0, 0.1) is 0 Å². The van der Waals surface area contributed by atoms with Gasteiger partial charge in [-0.25, -0.2) is 17.9 Å².